The third-order valence-corrected chi connectivity index (χ3v) is 7.48. The van der Waals surface area contributed by atoms with E-state index in [9.17, 15) is 4.39 Å². The molecule has 2 saturated heterocycles. The molecule has 0 radical (unpaired) electrons. The van der Waals surface area contributed by atoms with Crippen molar-refractivity contribution in [2.45, 2.75) is 37.6 Å². The lowest BCUT2D eigenvalue weighted by molar-refractivity contribution is 0.106. The lowest BCUT2D eigenvalue weighted by Crippen LogP contribution is -2.47. The van der Waals surface area contributed by atoms with Gasteiger partial charge in [0.15, 0.2) is 0 Å². The summed E-state index contributed by atoms with van der Waals surface area (Å²) in [6, 6.07) is 27.5. The maximum Gasteiger partial charge on any atom is 0.123 e. The fraction of sp³-hybridized carbons (Fsp3) is 0.379. The van der Waals surface area contributed by atoms with Crippen LogP contribution < -0.4 is 5.32 Å². The molecule has 5 heteroatoms. The smallest absolute Gasteiger partial charge is 0.123 e. The van der Waals surface area contributed by atoms with Crippen LogP contribution in [0.15, 0.2) is 78.9 Å². The molecule has 1 N–H and O–H groups in total. The summed E-state index contributed by atoms with van der Waals surface area (Å²) in [5.41, 5.74) is 5.01. The molecule has 34 heavy (non-hydrogen) atoms. The van der Waals surface area contributed by atoms with Gasteiger partial charge in [-0.2, -0.15) is 0 Å². The molecule has 1 unspecified atom stereocenters. The number of nitrogens with zero attached hydrogens (tertiary/aromatic N) is 1. The van der Waals surface area contributed by atoms with Crippen molar-refractivity contribution in [3.05, 3.63) is 95.8 Å². The number of hydrogen-bond acceptors (Lipinski definition) is 2. The Hall–Kier alpha value is -1.91. The summed E-state index contributed by atoms with van der Waals surface area (Å²) < 4.78 is 13.3. The highest BCUT2D eigenvalue weighted by Gasteiger charge is 2.31. The van der Waals surface area contributed by atoms with Crippen LogP contribution in [0.1, 0.15) is 42.7 Å². The van der Waals surface area contributed by atoms with Crippen molar-refractivity contribution in [3.8, 4) is 11.1 Å². The fourth-order valence-electron chi connectivity index (χ4n) is 5.71. The Morgan fingerprint density at radius 2 is 1.21 bits per heavy atom. The van der Waals surface area contributed by atoms with Crippen LogP contribution in [0.3, 0.4) is 0 Å². The Morgan fingerprint density at radius 3 is 1.79 bits per heavy atom. The van der Waals surface area contributed by atoms with Crippen LogP contribution in [0, 0.1) is 11.7 Å². The third-order valence-electron chi connectivity index (χ3n) is 7.48. The second kappa shape index (κ2) is 12.7. The Bertz CT molecular complexity index is 981. The van der Waals surface area contributed by atoms with Gasteiger partial charge in [0.05, 0.1) is 0 Å². The van der Waals surface area contributed by atoms with E-state index in [2.05, 4.69) is 64.8 Å². The topological polar surface area (TPSA) is 15.3 Å². The number of benzene rings is 3. The van der Waals surface area contributed by atoms with Gasteiger partial charge in [-0.3, -0.25) is 0 Å². The van der Waals surface area contributed by atoms with Gasteiger partial charge in [0.1, 0.15) is 5.82 Å². The van der Waals surface area contributed by atoms with E-state index in [1.807, 2.05) is 12.1 Å². The molecule has 0 bridgehead atoms. The van der Waals surface area contributed by atoms with Gasteiger partial charge in [0.2, 0.25) is 0 Å². The van der Waals surface area contributed by atoms with Crippen LogP contribution in [0.5, 0.6) is 0 Å². The molecule has 5 rings (SSSR count). The summed E-state index contributed by atoms with van der Waals surface area (Å²) in [6.07, 6.45) is 5.08. The van der Waals surface area contributed by atoms with E-state index < -0.39 is 0 Å². The first-order valence-corrected chi connectivity index (χ1v) is 12.1. The van der Waals surface area contributed by atoms with Gasteiger partial charge in [0.25, 0.3) is 0 Å². The molecule has 2 fully saturated rings. The van der Waals surface area contributed by atoms with Gasteiger partial charge in [0, 0.05) is 12.0 Å². The van der Waals surface area contributed by atoms with Crippen molar-refractivity contribution in [1.82, 2.24) is 10.2 Å². The summed E-state index contributed by atoms with van der Waals surface area (Å²) >= 11 is 0. The van der Waals surface area contributed by atoms with Gasteiger partial charge in [-0.1, -0.05) is 66.7 Å². The maximum absolute atomic E-state index is 13.3. The number of likely N-dealkylation sites (tertiary alicyclic amines) is 1. The number of nitrogens with one attached hydrogen (secondary N) is 1. The highest BCUT2D eigenvalue weighted by atomic mass is 35.5. The molecule has 0 spiro atoms. The first-order chi connectivity index (χ1) is 15.8. The summed E-state index contributed by atoms with van der Waals surface area (Å²) in [6.45, 7) is 4.76. The molecular weight excluding hydrogens is 466 g/mol. The number of rotatable bonds is 5. The predicted molar refractivity (Wildman–Crippen MR) is 145 cm³/mol. The zero-order chi connectivity index (χ0) is 21.8. The monoisotopic (exact) mass is 500 g/mol. The van der Waals surface area contributed by atoms with Gasteiger partial charge in [-0.25, -0.2) is 4.39 Å². The Labute approximate surface area is 215 Å². The minimum absolute atomic E-state index is 0. The van der Waals surface area contributed by atoms with Crippen molar-refractivity contribution in [2.75, 3.05) is 26.2 Å². The van der Waals surface area contributed by atoms with Gasteiger partial charge >= 0.3 is 0 Å². The largest absolute Gasteiger partial charge is 0.317 e. The highest BCUT2D eigenvalue weighted by Crippen LogP contribution is 2.39. The minimum Gasteiger partial charge on any atom is -0.317 e. The van der Waals surface area contributed by atoms with Crippen LogP contribution in [-0.4, -0.2) is 37.1 Å². The lowest BCUT2D eigenvalue weighted by atomic mass is 9.75. The first kappa shape index (κ1) is 26.7. The van der Waals surface area contributed by atoms with Gasteiger partial charge < -0.3 is 10.2 Å². The highest BCUT2D eigenvalue weighted by molar-refractivity contribution is 5.85. The van der Waals surface area contributed by atoms with Crippen LogP contribution in [0.2, 0.25) is 0 Å². The van der Waals surface area contributed by atoms with Crippen molar-refractivity contribution < 1.29 is 4.39 Å². The molecule has 0 saturated carbocycles. The third kappa shape index (κ3) is 6.20. The molecule has 0 aromatic heterocycles. The molecule has 2 heterocycles. The predicted octanol–water partition coefficient (Wildman–Crippen LogP) is 6.93. The van der Waals surface area contributed by atoms with E-state index in [0.717, 1.165) is 30.3 Å². The van der Waals surface area contributed by atoms with Crippen LogP contribution in [0.25, 0.3) is 11.1 Å². The zero-order valence-corrected chi connectivity index (χ0v) is 21.2. The molecule has 0 aliphatic carbocycles. The van der Waals surface area contributed by atoms with Crippen LogP contribution in [0.4, 0.5) is 4.39 Å². The van der Waals surface area contributed by atoms with E-state index in [-0.39, 0.29) is 30.6 Å². The summed E-state index contributed by atoms with van der Waals surface area (Å²) in [5, 5.41) is 3.50. The molecule has 3 aromatic carbocycles. The second-order valence-corrected chi connectivity index (χ2v) is 9.37. The standard InChI is InChI=1S/C29H33FN2.2ClH/c30-27-12-10-23(11-13-27)22-6-8-25(9-7-22)29(24-4-2-1-3-5-24)26-16-20-32(21-17-26)28-14-18-31-19-15-28;;/h1-13,26,28-29,31H,14-21H2;2*1H. The van der Waals surface area contributed by atoms with Crippen molar-refractivity contribution >= 4 is 24.8 Å². The Kier molecular flexibility index (Phi) is 9.97. The van der Waals surface area contributed by atoms with E-state index in [4.69, 9.17) is 0 Å². The Morgan fingerprint density at radius 1 is 0.676 bits per heavy atom. The molecule has 2 aliphatic heterocycles. The minimum atomic E-state index is -0.189. The summed E-state index contributed by atoms with van der Waals surface area (Å²) in [4.78, 5) is 2.75. The molecule has 0 amide bonds. The number of piperidine rings is 2. The Balaban J connectivity index is 0.00000162. The summed E-state index contributed by atoms with van der Waals surface area (Å²) in [7, 11) is 0. The molecular formula is C29H35Cl2FN2. The van der Waals surface area contributed by atoms with E-state index in [1.54, 1.807) is 0 Å². The van der Waals surface area contributed by atoms with Crippen LogP contribution >= 0.6 is 24.8 Å². The molecule has 3 aromatic rings. The average Bonchev–Trinajstić information content (AvgIpc) is 2.87. The van der Waals surface area contributed by atoms with E-state index in [0.29, 0.717) is 11.8 Å². The lowest BCUT2D eigenvalue weighted by Gasteiger charge is -2.41. The van der Waals surface area contributed by atoms with Crippen molar-refractivity contribution in [2.24, 2.45) is 5.92 Å². The maximum atomic E-state index is 13.3. The van der Waals surface area contributed by atoms with Crippen LogP contribution in [-0.2, 0) is 0 Å². The molecule has 182 valence electrons. The summed E-state index contributed by atoms with van der Waals surface area (Å²) in [5.74, 6) is 0.894. The van der Waals surface area contributed by atoms with Gasteiger partial charge in [-0.05, 0) is 92.2 Å². The SMILES string of the molecule is Cl.Cl.Fc1ccc(-c2ccc(C(c3ccccc3)C3CCN(C4CCNCC4)CC3)cc2)cc1. The first-order valence-electron chi connectivity index (χ1n) is 12.1. The average molecular weight is 502 g/mol. The molecule has 1 atom stereocenters. The van der Waals surface area contributed by atoms with E-state index in [1.165, 1.54) is 62.0 Å². The normalized spacial score (nSPS) is 18.5. The zero-order valence-electron chi connectivity index (χ0n) is 19.5. The second-order valence-electron chi connectivity index (χ2n) is 9.37. The number of halogens is 3. The van der Waals surface area contributed by atoms with Crippen molar-refractivity contribution in [1.29, 1.82) is 0 Å². The van der Waals surface area contributed by atoms with Gasteiger partial charge in [-0.15, -0.1) is 24.8 Å². The number of hydrogen-bond donors (Lipinski definition) is 1. The fourth-order valence-corrected chi connectivity index (χ4v) is 5.71. The van der Waals surface area contributed by atoms with E-state index >= 15 is 0 Å². The molecule has 2 nitrogen and oxygen atoms in total. The quantitative estimate of drug-likeness (QED) is 0.408. The molecule has 2 aliphatic rings. The van der Waals surface area contributed by atoms with Crippen molar-refractivity contribution in [3.63, 3.8) is 0 Å².